The van der Waals surface area contributed by atoms with E-state index < -0.39 is 11.7 Å². The van der Waals surface area contributed by atoms with Gasteiger partial charge in [0.25, 0.3) is 0 Å². The van der Waals surface area contributed by atoms with Gasteiger partial charge in [0.2, 0.25) is 0 Å². The molecule has 0 aliphatic heterocycles. The average molecular weight is 306 g/mol. The van der Waals surface area contributed by atoms with Crippen LogP contribution in [0.1, 0.15) is 43.7 Å². The average Bonchev–Trinajstić information content (AvgIpc) is 2.80. The van der Waals surface area contributed by atoms with Crippen LogP contribution in [0.2, 0.25) is 0 Å². The molecule has 120 valence electrons. The lowest BCUT2D eigenvalue weighted by Crippen LogP contribution is -2.50. The standard InChI is InChI=1S/C16H22N2O4/c1-15(2,3)18-16(4,21)10-6-7-12(19)13-9(10)8-11(17-13)14(20)22-5/h6-8,17-19,21H,1-5H3. The summed E-state index contributed by atoms with van der Waals surface area (Å²) in [5.74, 6) is -0.537. The van der Waals surface area contributed by atoms with Crippen molar-refractivity contribution < 1.29 is 19.7 Å². The fourth-order valence-corrected chi connectivity index (χ4v) is 2.65. The number of esters is 1. The molecule has 1 atom stereocenters. The number of phenolic OH excluding ortho intramolecular Hbond substituents is 1. The van der Waals surface area contributed by atoms with Gasteiger partial charge in [-0.2, -0.15) is 0 Å². The number of aromatic nitrogens is 1. The van der Waals surface area contributed by atoms with Gasteiger partial charge in [0.15, 0.2) is 0 Å². The number of carbonyl (C=O) groups excluding carboxylic acids is 1. The van der Waals surface area contributed by atoms with E-state index in [1.54, 1.807) is 19.1 Å². The first-order valence-electron chi connectivity index (χ1n) is 7.00. The minimum atomic E-state index is -1.33. The van der Waals surface area contributed by atoms with Crippen LogP contribution >= 0.6 is 0 Å². The van der Waals surface area contributed by atoms with Crippen LogP contribution in [0.15, 0.2) is 18.2 Å². The van der Waals surface area contributed by atoms with Crippen LogP contribution in [-0.2, 0) is 10.5 Å². The molecular formula is C16H22N2O4. The second-order valence-electron chi connectivity index (χ2n) is 6.54. The third-order valence-corrected chi connectivity index (χ3v) is 3.32. The van der Waals surface area contributed by atoms with Crippen molar-refractivity contribution in [3.63, 3.8) is 0 Å². The summed E-state index contributed by atoms with van der Waals surface area (Å²) in [7, 11) is 1.28. The highest BCUT2D eigenvalue weighted by molar-refractivity contribution is 5.98. The largest absolute Gasteiger partial charge is 0.506 e. The molecule has 2 aromatic rings. The molecule has 1 aromatic heterocycles. The number of benzene rings is 1. The highest BCUT2D eigenvalue weighted by Gasteiger charge is 2.31. The summed E-state index contributed by atoms with van der Waals surface area (Å²) in [5.41, 5.74) is -0.503. The van der Waals surface area contributed by atoms with Crippen LogP contribution < -0.4 is 5.32 Å². The molecule has 0 bridgehead atoms. The van der Waals surface area contributed by atoms with Crippen molar-refractivity contribution >= 4 is 16.9 Å². The smallest absolute Gasteiger partial charge is 0.354 e. The summed E-state index contributed by atoms with van der Waals surface area (Å²) in [6.07, 6.45) is 0. The van der Waals surface area contributed by atoms with E-state index in [0.29, 0.717) is 16.5 Å². The van der Waals surface area contributed by atoms with Crippen molar-refractivity contribution in [3.05, 3.63) is 29.5 Å². The first-order chi connectivity index (χ1) is 10.0. The molecular weight excluding hydrogens is 284 g/mol. The van der Waals surface area contributed by atoms with E-state index in [0.717, 1.165) is 0 Å². The van der Waals surface area contributed by atoms with Gasteiger partial charge in [0.1, 0.15) is 17.2 Å². The Bertz CT molecular complexity index is 711. The monoisotopic (exact) mass is 306 g/mol. The molecule has 0 aliphatic rings. The number of nitrogens with one attached hydrogen (secondary N) is 2. The number of hydrogen-bond donors (Lipinski definition) is 4. The molecule has 4 N–H and O–H groups in total. The third kappa shape index (κ3) is 3.08. The Morgan fingerprint density at radius 3 is 2.45 bits per heavy atom. The summed E-state index contributed by atoms with van der Waals surface area (Å²) < 4.78 is 4.68. The predicted octanol–water partition coefficient (Wildman–Crippen LogP) is 2.21. The number of aromatic hydroxyl groups is 1. The maximum Gasteiger partial charge on any atom is 0.354 e. The van der Waals surface area contributed by atoms with Crippen molar-refractivity contribution in [2.24, 2.45) is 0 Å². The topological polar surface area (TPSA) is 94.6 Å². The highest BCUT2D eigenvalue weighted by atomic mass is 16.5. The van der Waals surface area contributed by atoms with E-state index >= 15 is 0 Å². The van der Waals surface area contributed by atoms with E-state index in [1.165, 1.54) is 13.2 Å². The quantitative estimate of drug-likeness (QED) is 0.515. The van der Waals surface area contributed by atoms with Crippen LogP contribution in [0.4, 0.5) is 0 Å². The number of aromatic amines is 1. The Kier molecular flexibility index (Phi) is 3.93. The second kappa shape index (κ2) is 5.30. The fourth-order valence-electron chi connectivity index (χ4n) is 2.65. The van der Waals surface area contributed by atoms with E-state index in [-0.39, 0.29) is 17.0 Å². The molecule has 1 heterocycles. The van der Waals surface area contributed by atoms with Crippen LogP contribution in [0.5, 0.6) is 5.75 Å². The number of ether oxygens (including phenoxy) is 1. The molecule has 0 aliphatic carbocycles. The number of H-pyrrole nitrogens is 1. The molecule has 0 saturated heterocycles. The van der Waals surface area contributed by atoms with Crippen LogP contribution in [0.25, 0.3) is 10.9 Å². The third-order valence-electron chi connectivity index (χ3n) is 3.32. The van der Waals surface area contributed by atoms with E-state index in [4.69, 9.17) is 0 Å². The van der Waals surface area contributed by atoms with Crippen molar-refractivity contribution in [3.8, 4) is 5.75 Å². The van der Waals surface area contributed by atoms with Gasteiger partial charge in [-0.25, -0.2) is 4.79 Å². The first-order valence-corrected chi connectivity index (χ1v) is 7.00. The lowest BCUT2D eigenvalue weighted by Gasteiger charge is -2.34. The van der Waals surface area contributed by atoms with Gasteiger partial charge >= 0.3 is 5.97 Å². The zero-order valence-electron chi connectivity index (χ0n) is 13.4. The molecule has 0 amide bonds. The highest BCUT2D eigenvalue weighted by Crippen LogP contribution is 2.34. The molecule has 6 nitrogen and oxygen atoms in total. The molecule has 0 radical (unpaired) electrons. The van der Waals surface area contributed by atoms with Crippen LogP contribution in [-0.4, -0.2) is 33.8 Å². The number of fused-ring (bicyclic) bond motifs is 1. The number of aliphatic hydroxyl groups is 1. The molecule has 22 heavy (non-hydrogen) atoms. The molecule has 1 aromatic carbocycles. The summed E-state index contributed by atoms with van der Waals surface area (Å²) >= 11 is 0. The number of rotatable bonds is 3. The van der Waals surface area contributed by atoms with Crippen molar-refractivity contribution in [2.45, 2.75) is 39.0 Å². The van der Waals surface area contributed by atoms with Gasteiger partial charge < -0.3 is 19.9 Å². The molecule has 6 heteroatoms. The number of carbonyl (C=O) groups is 1. The zero-order valence-corrected chi connectivity index (χ0v) is 13.4. The Morgan fingerprint density at radius 1 is 1.27 bits per heavy atom. The molecule has 0 spiro atoms. The normalized spacial score (nSPS) is 14.8. The summed E-state index contributed by atoms with van der Waals surface area (Å²) in [5, 5.41) is 24.4. The summed E-state index contributed by atoms with van der Waals surface area (Å²) in [6.45, 7) is 7.46. The Hall–Kier alpha value is -2.05. The fraction of sp³-hybridized carbons (Fsp3) is 0.438. The number of phenols is 1. The van der Waals surface area contributed by atoms with E-state index in [9.17, 15) is 15.0 Å². The van der Waals surface area contributed by atoms with E-state index in [1.807, 2.05) is 20.8 Å². The number of methoxy groups -OCH3 is 1. The van der Waals surface area contributed by atoms with Gasteiger partial charge in [-0.15, -0.1) is 0 Å². The SMILES string of the molecule is COC(=O)c1cc2c(C(C)(O)NC(C)(C)C)ccc(O)c2[nH]1. The second-order valence-corrected chi connectivity index (χ2v) is 6.54. The first kappa shape index (κ1) is 16.3. The predicted molar refractivity (Wildman–Crippen MR) is 83.8 cm³/mol. The van der Waals surface area contributed by atoms with Gasteiger partial charge in [-0.3, -0.25) is 5.32 Å². The Balaban J connectivity index is 2.62. The minimum Gasteiger partial charge on any atom is -0.506 e. The van der Waals surface area contributed by atoms with Gasteiger partial charge in [-0.05, 0) is 39.8 Å². The molecule has 0 saturated carbocycles. The molecule has 1 unspecified atom stereocenters. The van der Waals surface area contributed by atoms with Crippen LogP contribution in [0, 0.1) is 0 Å². The maximum absolute atomic E-state index is 11.7. The zero-order chi connectivity index (χ0) is 16.7. The van der Waals surface area contributed by atoms with Crippen molar-refractivity contribution in [1.82, 2.24) is 10.3 Å². The Morgan fingerprint density at radius 2 is 1.91 bits per heavy atom. The maximum atomic E-state index is 11.7. The van der Waals surface area contributed by atoms with Gasteiger partial charge in [-0.1, -0.05) is 6.07 Å². The summed E-state index contributed by atoms with van der Waals surface area (Å²) in [6, 6.07) is 4.67. The van der Waals surface area contributed by atoms with Gasteiger partial charge in [0, 0.05) is 16.5 Å². The molecule has 2 rings (SSSR count). The van der Waals surface area contributed by atoms with Crippen molar-refractivity contribution in [2.75, 3.05) is 7.11 Å². The van der Waals surface area contributed by atoms with Crippen LogP contribution in [0.3, 0.4) is 0 Å². The summed E-state index contributed by atoms with van der Waals surface area (Å²) in [4.78, 5) is 14.5. The van der Waals surface area contributed by atoms with Crippen molar-refractivity contribution in [1.29, 1.82) is 0 Å². The molecule has 0 fully saturated rings. The number of hydrogen-bond acceptors (Lipinski definition) is 5. The van der Waals surface area contributed by atoms with E-state index in [2.05, 4.69) is 15.0 Å². The lowest BCUT2D eigenvalue weighted by molar-refractivity contribution is -0.00283. The van der Waals surface area contributed by atoms with Gasteiger partial charge in [0.05, 0.1) is 12.6 Å². The minimum absolute atomic E-state index is 0.000428. The Labute approximate surface area is 129 Å². The lowest BCUT2D eigenvalue weighted by atomic mass is 9.96.